The van der Waals surface area contributed by atoms with Crippen LogP contribution >= 0.6 is 27.5 Å². The Morgan fingerprint density at radius 1 is 1.77 bits per heavy atom. The molecule has 0 saturated heterocycles. The van der Waals surface area contributed by atoms with E-state index < -0.39 is 11.4 Å². The lowest BCUT2D eigenvalue weighted by Gasteiger charge is -2.04. The zero-order valence-electron chi connectivity index (χ0n) is 6.56. The van der Waals surface area contributed by atoms with Crippen LogP contribution < -0.4 is 5.56 Å². The Morgan fingerprint density at radius 2 is 2.38 bits per heavy atom. The summed E-state index contributed by atoms with van der Waals surface area (Å²) in [5, 5.41) is 0.277. The normalized spacial score (nSPS) is 10.1. The van der Waals surface area contributed by atoms with Crippen molar-refractivity contribution >= 4 is 27.5 Å². The predicted molar refractivity (Wildman–Crippen MR) is 53.4 cm³/mol. The first kappa shape index (κ1) is 10.5. The Hall–Kier alpha value is -0.610. The predicted octanol–water partition coefficient (Wildman–Crippen LogP) is 2.50. The number of hydrogen-bond acceptors (Lipinski definition) is 1. The summed E-state index contributed by atoms with van der Waals surface area (Å²) in [7, 11) is 0. The van der Waals surface area contributed by atoms with E-state index in [0.717, 1.165) is 10.6 Å². The molecule has 13 heavy (non-hydrogen) atoms. The van der Waals surface area contributed by atoms with Crippen LogP contribution in [0, 0.1) is 5.82 Å². The third-order valence-corrected chi connectivity index (χ3v) is 1.90. The van der Waals surface area contributed by atoms with Crippen LogP contribution in [0.2, 0.25) is 0 Å². The minimum absolute atomic E-state index is 0.108. The zero-order chi connectivity index (χ0) is 10.0. The van der Waals surface area contributed by atoms with Crippen LogP contribution in [0.1, 0.15) is 0 Å². The van der Waals surface area contributed by atoms with Crippen molar-refractivity contribution < 1.29 is 4.39 Å². The summed E-state index contributed by atoms with van der Waals surface area (Å²) in [6.45, 7) is 3.53. The number of allylic oxidation sites excluding steroid dienone is 1. The lowest BCUT2D eigenvalue weighted by molar-refractivity contribution is 0.580. The molecule has 0 amide bonds. The average Bonchev–Trinajstić information content (AvgIpc) is 1.98. The molecule has 0 saturated carbocycles. The molecule has 2 nitrogen and oxygen atoms in total. The van der Waals surface area contributed by atoms with E-state index in [1.807, 2.05) is 0 Å². The van der Waals surface area contributed by atoms with Crippen molar-refractivity contribution in [3.63, 3.8) is 0 Å². The van der Waals surface area contributed by atoms with Crippen molar-refractivity contribution in [2.45, 2.75) is 6.54 Å². The SMILES string of the molecule is C=C(Cl)Cn1cc(Br)cc(F)c1=O. The molecule has 0 fully saturated rings. The number of aromatic nitrogens is 1. The monoisotopic (exact) mass is 265 g/mol. The fraction of sp³-hybridized carbons (Fsp3) is 0.125. The fourth-order valence-corrected chi connectivity index (χ4v) is 1.44. The second-order valence-corrected chi connectivity index (χ2v) is 3.91. The largest absolute Gasteiger partial charge is 0.307 e. The highest BCUT2D eigenvalue weighted by Gasteiger charge is 2.04. The highest BCUT2D eigenvalue weighted by Crippen LogP contribution is 2.09. The lowest BCUT2D eigenvalue weighted by atomic mass is 10.4. The van der Waals surface area contributed by atoms with Gasteiger partial charge in [-0.25, -0.2) is 4.39 Å². The topological polar surface area (TPSA) is 22.0 Å². The van der Waals surface area contributed by atoms with Crippen LogP contribution in [0.4, 0.5) is 4.39 Å². The van der Waals surface area contributed by atoms with Gasteiger partial charge < -0.3 is 4.57 Å². The maximum absolute atomic E-state index is 12.9. The van der Waals surface area contributed by atoms with Crippen LogP contribution in [-0.2, 0) is 6.54 Å². The Bertz CT molecular complexity index is 402. The molecule has 1 heterocycles. The van der Waals surface area contributed by atoms with Crippen LogP contribution in [0.5, 0.6) is 0 Å². The van der Waals surface area contributed by atoms with E-state index in [1.165, 1.54) is 6.20 Å². The molecule has 1 rings (SSSR count). The molecule has 0 aliphatic heterocycles. The van der Waals surface area contributed by atoms with Crippen LogP contribution in [0.25, 0.3) is 0 Å². The van der Waals surface area contributed by atoms with E-state index in [2.05, 4.69) is 22.5 Å². The van der Waals surface area contributed by atoms with E-state index in [4.69, 9.17) is 11.6 Å². The summed E-state index contributed by atoms with van der Waals surface area (Å²) < 4.78 is 14.5. The van der Waals surface area contributed by atoms with E-state index in [0.29, 0.717) is 4.47 Å². The second-order valence-electron chi connectivity index (χ2n) is 2.46. The summed E-state index contributed by atoms with van der Waals surface area (Å²) in [4.78, 5) is 11.1. The Labute approximate surface area is 87.8 Å². The van der Waals surface area contributed by atoms with Gasteiger partial charge in [0.25, 0.3) is 5.56 Å². The smallest absolute Gasteiger partial charge is 0.286 e. The van der Waals surface area contributed by atoms with E-state index in [-0.39, 0.29) is 11.6 Å². The number of pyridine rings is 1. The Kier molecular flexibility index (Phi) is 3.27. The number of nitrogens with zero attached hydrogens (tertiary/aromatic N) is 1. The molecular weight excluding hydrogens is 260 g/mol. The summed E-state index contributed by atoms with van der Waals surface area (Å²) in [5.41, 5.74) is -0.704. The van der Waals surface area contributed by atoms with Crippen molar-refractivity contribution in [2.24, 2.45) is 0 Å². The molecule has 70 valence electrons. The van der Waals surface area contributed by atoms with Crippen LogP contribution in [0.3, 0.4) is 0 Å². The molecule has 0 bridgehead atoms. The zero-order valence-corrected chi connectivity index (χ0v) is 8.90. The van der Waals surface area contributed by atoms with Crippen LogP contribution in [0.15, 0.2) is 33.1 Å². The molecule has 0 aliphatic rings. The molecule has 0 aromatic carbocycles. The maximum Gasteiger partial charge on any atom is 0.286 e. The molecular formula is C8H6BrClFNO. The van der Waals surface area contributed by atoms with Gasteiger partial charge in [0.05, 0.1) is 6.54 Å². The van der Waals surface area contributed by atoms with E-state index in [1.54, 1.807) is 0 Å². The second kappa shape index (κ2) is 4.07. The third kappa shape index (κ3) is 2.67. The van der Waals surface area contributed by atoms with Gasteiger partial charge in [-0.3, -0.25) is 4.79 Å². The van der Waals surface area contributed by atoms with Crippen molar-refractivity contribution in [3.05, 3.63) is 44.5 Å². The minimum atomic E-state index is -0.813. The van der Waals surface area contributed by atoms with E-state index >= 15 is 0 Å². The van der Waals surface area contributed by atoms with E-state index in [9.17, 15) is 9.18 Å². The average molecular weight is 266 g/mol. The van der Waals surface area contributed by atoms with Crippen LogP contribution in [-0.4, -0.2) is 4.57 Å². The first-order valence-corrected chi connectivity index (χ1v) is 4.56. The van der Waals surface area contributed by atoms with Crippen molar-refractivity contribution in [1.29, 1.82) is 0 Å². The van der Waals surface area contributed by atoms with Crippen molar-refractivity contribution in [1.82, 2.24) is 4.57 Å². The van der Waals surface area contributed by atoms with Gasteiger partial charge in [0, 0.05) is 15.7 Å². The molecule has 0 N–H and O–H groups in total. The quantitative estimate of drug-likeness (QED) is 0.806. The maximum atomic E-state index is 12.9. The van der Waals surface area contributed by atoms with Gasteiger partial charge in [0.2, 0.25) is 0 Å². The molecule has 0 radical (unpaired) electrons. The summed E-state index contributed by atoms with van der Waals surface area (Å²) in [6, 6.07) is 1.11. The summed E-state index contributed by atoms with van der Waals surface area (Å²) in [5.74, 6) is -0.813. The highest BCUT2D eigenvalue weighted by atomic mass is 79.9. The number of halogens is 3. The lowest BCUT2D eigenvalue weighted by Crippen LogP contribution is -2.22. The number of hydrogen-bond donors (Lipinski definition) is 0. The highest BCUT2D eigenvalue weighted by molar-refractivity contribution is 9.10. The third-order valence-electron chi connectivity index (χ3n) is 1.35. The van der Waals surface area contributed by atoms with Gasteiger partial charge in [0.15, 0.2) is 5.82 Å². The summed E-state index contributed by atoms with van der Waals surface area (Å²) in [6.07, 6.45) is 1.46. The number of rotatable bonds is 2. The fourth-order valence-electron chi connectivity index (χ4n) is 0.867. The molecule has 0 atom stereocenters. The van der Waals surface area contributed by atoms with Gasteiger partial charge >= 0.3 is 0 Å². The molecule has 0 aliphatic carbocycles. The van der Waals surface area contributed by atoms with Crippen molar-refractivity contribution in [2.75, 3.05) is 0 Å². The molecule has 5 heteroatoms. The van der Waals surface area contributed by atoms with Gasteiger partial charge in [-0.1, -0.05) is 18.2 Å². The van der Waals surface area contributed by atoms with Gasteiger partial charge in [-0.05, 0) is 22.0 Å². The Morgan fingerprint density at radius 3 is 2.92 bits per heavy atom. The van der Waals surface area contributed by atoms with Crippen molar-refractivity contribution in [3.8, 4) is 0 Å². The molecule has 0 spiro atoms. The molecule has 1 aromatic rings. The standard InChI is InChI=1S/C8H6BrClFNO/c1-5(10)3-12-4-6(9)2-7(11)8(12)13/h2,4H,1,3H2. The van der Waals surface area contributed by atoms with Gasteiger partial charge in [-0.15, -0.1) is 0 Å². The molecule has 0 unspecified atom stereocenters. The first-order valence-electron chi connectivity index (χ1n) is 3.39. The van der Waals surface area contributed by atoms with Gasteiger partial charge in [0.1, 0.15) is 0 Å². The minimum Gasteiger partial charge on any atom is -0.307 e. The molecule has 1 aromatic heterocycles. The van der Waals surface area contributed by atoms with Gasteiger partial charge in [-0.2, -0.15) is 0 Å². The summed E-state index contributed by atoms with van der Waals surface area (Å²) >= 11 is 8.56. The first-order chi connectivity index (χ1) is 6.00. The Balaban J connectivity index is 3.21.